The zero-order valence-electron chi connectivity index (χ0n) is 12.3. The zero-order chi connectivity index (χ0) is 15.7. The van der Waals surface area contributed by atoms with E-state index in [1.807, 2.05) is 0 Å². The van der Waals surface area contributed by atoms with E-state index >= 15 is 0 Å². The van der Waals surface area contributed by atoms with Crippen molar-refractivity contribution in [2.45, 2.75) is 37.1 Å². The molecule has 0 bridgehead atoms. The molecule has 0 spiro atoms. The van der Waals surface area contributed by atoms with Crippen LogP contribution in [0.3, 0.4) is 0 Å². The number of hydrazine groups is 1. The second-order valence-corrected chi connectivity index (χ2v) is 6.04. The van der Waals surface area contributed by atoms with E-state index in [1.165, 1.54) is 18.4 Å². The van der Waals surface area contributed by atoms with Gasteiger partial charge in [-0.25, -0.2) is 0 Å². The molecule has 0 unspecified atom stereocenters. The molecule has 2 amide bonds. The topological polar surface area (TPSA) is 110 Å². The molecule has 0 aromatic heterocycles. The summed E-state index contributed by atoms with van der Waals surface area (Å²) in [6.07, 6.45) is 5.27. The van der Waals surface area contributed by atoms with Crippen molar-refractivity contribution >= 4 is 11.8 Å². The first-order valence-electron chi connectivity index (χ1n) is 7.45. The van der Waals surface area contributed by atoms with Gasteiger partial charge in [-0.2, -0.15) is 0 Å². The highest BCUT2D eigenvalue weighted by Gasteiger charge is 2.46. The van der Waals surface area contributed by atoms with Gasteiger partial charge in [0.25, 0.3) is 5.91 Å². The Labute approximate surface area is 128 Å². The number of carbonyl (C=O) groups is 2. The molecule has 6 N–H and O–H groups in total. The molecule has 116 valence electrons. The highest BCUT2D eigenvalue weighted by Crippen LogP contribution is 2.47. The normalized spacial score (nSPS) is 19.4. The van der Waals surface area contributed by atoms with Gasteiger partial charge in [0, 0.05) is 6.08 Å². The summed E-state index contributed by atoms with van der Waals surface area (Å²) >= 11 is 0. The van der Waals surface area contributed by atoms with Gasteiger partial charge in [-0.15, -0.1) is 0 Å². The van der Waals surface area contributed by atoms with Gasteiger partial charge in [0.1, 0.15) is 5.70 Å². The Bertz CT molecular complexity index is 628. The van der Waals surface area contributed by atoms with Crippen molar-refractivity contribution in [2.24, 2.45) is 11.6 Å². The lowest BCUT2D eigenvalue weighted by atomic mass is 10.0. The smallest absolute Gasteiger partial charge is 0.269 e. The molecule has 0 saturated heterocycles. The van der Waals surface area contributed by atoms with Crippen molar-refractivity contribution in [1.82, 2.24) is 10.7 Å². The van der Waals surface area contributed by atoms with E-state index in [0.717, 1.165) is 24.5 Å². The Morgan fingerprint density at radius 3 is 2.27 bits per heavy atom. The van der Waals surface area contributed by atoms with E-state index in [9.17, 15) is 9.59 Å². The number of nitrogens with one attached hydrogen (secondary N) is 2. The summed E-state index contributed by atoms with van der Waals surface area (Å²) < 4.78 is 0. The number of carbonyl (C=O) groups excluding carboxylic acids is 2. The molecule has 2 fully saturated rings. The average molecular weight is 300 g/mol. The lowest BCUT2D eigenvalue weighted by Gasteiger charge is -2.19. The van der Waals surface area contributed by atoms with Crippen LogP contribution in [0.1, 0.15) is 42.7 Å². The van der Waals surface area contributed by atoms with E-state index < -0.39 is 11.8 Å². The summed E-state index contributed by atoms with van der Waals surface area (Å²) in [5, 5.41) is 2.95. The second kappa shape index (κ2) is 5.46. The van der Waals surface area contributed by atoms with Crippen LogP contribution in [-0.2, 0) is 15.1 Å². The summed E-state index contributed by atoms with van der Waals surface area (Å²) in [6.45, 7) is 0. The maximum absolute atomic E-state index is 12.2. The molecule has 2 aliphatic rings. The van der Waals surface area contributed by atoms with E-state index in [-0.39, 0.29) is 11.2 Å². The first kappa shape index (κ1) is 14.6. The van der Waals surface area contributed by atoms with Crippen LogP contribution in [0.15, 0.2) is 36.0 Å². The number of amides is 2. The minimum Gasteiger partial charge on any atom is -0.366 e. The highest BCUT2D eigenvalue weighted by molar-refractivity contribution is 6.00. The van der Waals surface area contributed by atoms with E-state index in [0.29, 0.717) is 5.92 Å². The molecule has 0 atom stereocenters. The predicted octanol–water partition coefficient (Wildman–Crippen LogP) is 0.502. The third-order valence-corrected chi connectivity index (χ3v) is 4.30. The van der Waals surface area contributed by atoms with Crippen LogP contribution < -0.4 is 22.3 Å². The van der Waals surface area contributed by atoms with Crippen LogP contribution in [-0.4, -0.2) is 11.8 Å². The first-order chi connectivity index (χ1) is 10.5. The van der Waals surface area contributed by atoms with Gasteiger partial charge in [0.2, 0.25) is 5.91 Å². The summed E-state index contributed by atoms with van der Waals surface area (Å²) in [7, 11) is 0. The summed E-state index contributed by atoms with van der Waals surface area (Å²) in [5.41, 5.74) is 9.33. The third kappa shape index (κ3) is 2.96. The Morgan fingerprint density at radius 2 is 1.82 bits per heavy atom. The maximum Gasteiger partial charge on any atom is 0.269 e. The molecule has 22 heavy (non-hydrogen) atoms. The van der Waals surface area contributed by atoms with Crippen LogP contribution >= 0.6 is 0 Å². The molecule has 6 nitrogen and oxygen atoms in total. The maximum atomic E-state index is 12.2. The third-order valence-electron chi connectivity index (χ3n) is 4.30. The fourth-order valence-electron chi connectivity index (χ4n) is 2.70. The molecule has 2 saturated carbocycles. The molecule has 0 heterocycles. The average Bonchev–Trinajstić information content (AvgIpc) is 3.38. The number of benzene rings is 1. The Hall–Kier alpha value is -2.34. The van der Waals surface area contributed by atoms with E-state index in [1.54, 1.807) is 0 Å². The lowest BCUT2D eigenvalue weighted by Crippen LogP contribution is -2.41. The van der Waals surface area contributed by atoms with Crippen molar-refractivity contribution < 1.29 is 9.59 Å². The van der Waals surface area contributed by atoms with Gasteiger partial charge in [-0.3, -0.25) is 15.4 Å². The number of rotatable bonds is 6. The van der Waals surface area contributed by atoms with Crippen LogP contribution in [0.25, 0.3) is 0 Å². The number of hydrogen-bond acceptors (Lipinski definition) is 4. The molecule has 6 heteroatoms. The van der Waals surface area contributed by atoms with Gasteiger partial charge in [0.15, 0.2) is 0 Å². The van der Waals surface area contributed by atoms with E-state index in [2.05, 4.69) is 35.0 Å². The van der Waals surface area contributed by atoms with Gasteiger partial charge in [-0.1, -0.05) is 24.3 Å². The molecular weight excluding hydrogens is 280 g/mol. The number of primary amides is 1. The molecule has 2 aliphatic carbocycles. The molecule has 0 radical (unpaired) electrons. The molecule has 1 aromatic carbocycles. The quantitative estimate of drug-likeness (QED) is 0.348. The van der Waals surface area contributed by atoms with Crippen LogP contribution in [0, 0.1) is 0 Å². The van der Waals surface area contributed by atoms with Crippen molar-refractivity contribution in [1.29, 1.82) is 0 Å². The SMILES string of the molecule is NN/C(=C\C(N)=O)C(=O)NC1(c2ccc(C3CC3)cc2)CC1. The molecular formula is C16H20N4O2. The second-order valence-electron chi connectivity index (χ2n) is 6.04. The summed E-state index contributed by atoms with van der Waals surface area (Å²) in [6, 6.07) is 8.43. The first-order valence-corrected chi connectivity index (χ1v) is 7.45. The van der Waals surface area contributed by atoms with Gasteiger partial charge >= 0.3 is 0 Å². The zero-order valence-corrected chi connectivity index (χ0v) is 12.3. The summed E-state index contributed by atoms with van der Waals surface area (Å²) in [5.74, 6) is 4.84. The van der Waals surface area contributed by atoms with Crippen LogP contribution in [0.2, 0.25) is 0 Å². The van der Waals surface area contributed by atoms with Crippen molar-refractivity contribution in [3.8, 4) is 0 Å². The van der Waals surface area contributed by atoms with Crippen molar-refractivity contribution in [3.05, 3.63) is 47.2 Å². The van der Waals surface area contributed by atoms with E-state index in [4.69, 9.17) is 11.6 Å². The predicted molar refractivity (Wildman–Crippen MR) is 82.1 cm³/mol. The molecule has 3 rings (SSSR count). The Balaban J connectivity index is 1.73. The van der Waals surface area contributed by atoms with Gasteiger partial charge in [-0.05, 0) is 42.7 Å². The van der Waals surface area contributed by atoms with Gasteiger partial charge in [0.05, 0.1) is 5.54 Å². The standard InChI is InChI=1S/C16H20N4O2/c17-14(21)9-13(20-18)15(22)19-16(7-8-16)12-5-3-11(4-6-12)10-1-2-10/h3-6,9-10,20H,1-2,7-8,18H2,(H2,17,21)(H,19,22)/b13-9-. The molecule has 0 aliphatic heterocycles. The summed E-state index contributed by atoms with van der Waals surface area (Å²) in [4.78, 5) is 23.1. The monoisotopic (exact) mass is 300 g/mol. The minimum absolute atomic E-state index is 0.0339. The Morgan fingerprint density at radius 1 is 1.18 bits per heavy atom. The fourth-order valence-corrected chi connectivity index (χ4v) is 2.70. The van der Waals surface area contributed by atoms with Crippen LogP contribution in [0.5, 0.6) is 0 Å². The fraction of sp³-hybridized carbons (Fsp3) is 0.375. The highest BCUT2D eigenvalue weighted by atomic mass is 16.2. The minimum atomic E-state index is -0.721. The number of nitrogens with two attached hydrogens (primary N) is 2. The Kier molecular flexibility index (Phi) is 3.62. The number of hydrogen-bond donors (Lipinski definition) is 4. The van der Waals surface area contributed by atoms with Gasteiger partial charge < -0.3 is 16.5 Å². The lowest BCUT2D eigenvalue weighted by molar-refractivity contribution is -0.119. The molecule has 1 aromatic rings. The van der Waals surface area contributed by atoms with Crippen molar-refractivity contribution in [3.63, 3.8) is 0 Å². The largest absolute Gasteiger partial charge is 0.366 e. The van der Waals surface area contributed by atoms with Crippen molar-refractivity contribution in [2.75, 3.05) is 0 Å². The van der Waals surface area contributed by atoms with Crippen LogP contribution in [0.4, 0.5) is 0 Å².